The number of aromatic nitrogens is 2. The highest BCUT2D eigenvalue weighted by Gasteiger charge is 2.32. The maximum atomic E-state index is 8.94. The molecule has 24 heavy (non-hydrogen) atoms. The van der Waals surface area contributed by atoms with E-state index in [0.717, 1.165) is 37.6 Å². The molecule has 1 aromatic heterocycles. The molecular formula is C19H22N4O. The van der Waals surface area contributed by atoms with Crippen molar-refractivity contribution in [1.82, 2.24) is 15.0 Å². The first-order valence-electron chi connectivity index (χ1n) is 8.82. The van der Waals surface area contributed by atoms with Gasteiger partial charge in [-0.15, -0.1) is 0 Å². The lowest BCUT2D eigenvalue weighted by atomic mass is 9.94. The largest absolute Gasteiger partial charge is 0.339 e. The Morgan fingerprint density at radius 3 is 2.71 bits per heavy atom. The topological polar surface area (TPSA) is 66.0 Å². The van der Waals surface area contributed by atoms with Crippen molar-refractivity contribution >= 4 is 0 Å². The molecule has 2 fully saturated rings. The minimum Gasteiger partial charge on any atom is -0.339 e. The predicted molar refractivity (Wildman–Crippen MR) is 89.4 cm³/mol. The van der Waals surface area contributed by atoms with E-state index in [-0.39, 0.29) is 0 Å². The Kier molecular flexibility index (Phi) is 4.07. The molecule has 0 spiro atoms. The maximum absolute atomic E-state index is 8.94. The SMILES string of the molecule is C[C@@H](c1ccc(C#N)cc1)N1CCC[C@H](c2noc(C3CC3)n2)C1. The van der Waals surface area contributed by atoms with Gasteiger partial charge in [-0.2, -0.15) is 10.2 Å². The van der Waals surface area contributed by atoms with E-state index >= 15 is 0 Å². The fourth-order valence-corrected chi connectivity index (χ4v) is 3.53. The van der Waals surface area contributed by atoms with E-state index in [1.807, 2.05) is 12.1 Å². The van der Waals surface area contributed by atoms with Crippen molar-refractivity contribution in [3.63, 3.8) is 0 Å². The molecule has 1 saturated carbocycles. The molecule has 0 N–H and O–H groups in total. The third-order valence-corrected chi connectivity index (χ3v) is 5.27. The van der Waals surface area contributed by atoms with Crippen molar-refractivity contribution in [2.45, 2.75) is 50.5 Å². The summed E-state index contributed by atoms with van der Waals surface area (Å²) < 4.78 is 5.44. The van der Waals surface area contributed by atoms with Gasteiger partial charge in [-0.3, -0.25) is 4.90 Å². The summed E-state index contributed by atoms with van der Waals surface area (Å²) in [6, 6.07) is 10.4. The number of hydrogen-bond acceptors (Lipinski definition) is 5. The summed E-state index contributed by atoms with van der Waals surface area (Å²) in [7, 11) is 0. The number of rotatable bonds is 4. The Labute approximate surface area is 142 Å². The van der Waals surface area contributed by atoms with E-state index in [1.54, 1.807) is 0 Å². The lowest BCUT2D eigenvalue weighted by molar-refractivity contribution is 0.154. The minimum absolute atomic E-state index is 0.329. The van der Waals surface area contributed by atoms with Crippen molar-refractivity contribution in [3.8, 4) is 6.07 Å². The molecule has 5 heteroatoms. The molecule has 0 bridgehead atoms. The van der Waals surface area contributed by atoms with Gasteiger partial charge in [0.15, 0.2) is 5.82 Å². The Hall–Kier alpha value is -2.19. The monoisotopic (exact) mass is 322 g/mol. The van der Waals surface area contributed by atoms with Crippen LogP contribution in [0.1, 0.15) is 73.3 Å². The van der Waals surface area contributed by atoms with Crippen LogP contribution in [0.4, 0.5) is 0 Å². The zero-order valence-corrected chi connectivity index (χ0v) is 14.0. The van der Waals surface area contributed by atoms with E-state index in [0.29, 0.717) is 23.4 Å². The fourth-order valence-electron chi connectivity index (χ4n) is 3.53. The van der Waals surface area contributed by atoms with Crippen molar-refractivity contribution in [1.29, 1.82) is 5.26 Å². The number of benzene rings is 1. The van der Waals surface area contributed by atoms with Crippen LogP contribution < -0.4 is 0 Å². The lowest BCUT2D eigenvalue weighted by Crippen LogP contribution is -2.36. The first-order valence-corrected chi connectivity index (χ1v) is 8.82. The van der Waals surface area contributed by atoms with Crippen LogP contribution in [0.2, 0.25) is 0 Å². The third-order valence-electron chi connectivity index (χ3n) is 5.27. The van der Waals surface area contributed by atoms with Crippen LogP contribution in [-0.4, -0.2) is 28.1 Å². The zero-order chi connectivity index (χ0) is 16.5. The molecule has 2 aromatic rings. The van der Waals surface area contributed by atoms with Crippen LogP contribution >= 0.6 is 0 Å². The molecule has 1 aliphatic carbocycles. The fraction of sp³-hybridized carbons (Fsp3) is 0.526. The van der Waals surface area contributed by atoms with Crippen molar-refractivity contribution in [3.05, 3.63) is 47.1 Å². The molecule has 1 aliphatic heterocycles. The average molecular weight is 322 g/mol. The summed E-state index contributed by atoms with van der Waals surface area (Å²) >= 11 is 0. The Morgan fingerprint density at radius 2 is 2.00 bits per heavy atom. The van der Waals surface area contributed by atoms with Gasteiger partial charge in [0.2, 0.25) is 5.89 Å². The standard InChI is InChI=1S/C19H22N4O/c1-13(15-6-4-14(11-20)5-7-15)23-10-2-3-17(12-23)18-21-19(24-22-18)16-8-9-16/h4-7,13,16-17H,2-3,8-10,12H2,1H3/t13-,17-/m0/s1. The van der Waals surface area contributed by atoms with Crippen molar-refractivity contribution < 1.29 is 4.52 Å². The number of nitrogens with zero attached hydrogens (tertiary/aromatic N) is 4. The molecule has 4 rings (SSSR count). The summed E-state index contributed by atoms with van der Waals surface area (Å²) in [6.45, 7) is 4.28. The van der Waals surface area contributed by atoms with Crippen LogP contribution in [0.15, 0.2) is 28.8 Å². The van der Waals surface area contributed by atoms with Gasteiger partial charge in [0.25, 0.3) is 0 Å². The molecule has 5 nitrogen and oxygen atoms in total. The minimum atomic E-state index is 0.329. The highest BCUT2D eigenvalue weighted by atomic mass is 16.5. The molecule has 0 unspecified atom stereocenters. The van der Waals surface area contributed by atoms with E-state index in [9.17, 15) is 0 Å². The molecule has 2 atom stereocenters. The zero-order valence-electron chi connectivity index (χ0n) is 14.0. The van der Waals surface area contributed by atoms with Crippen LogP contribution in [0, 0.1) is 11.3 Å². The molecule has 0 amide bonds. The number of nitriles is 1. The van der Waals surface area contributed by atoms with Gasteiger partial charge >= 0.3 is 0 Å². The normalized spacial score (nSPS) is 22.9. The molecule has 124 valence electrons. The van der Waals surface area contributed by atoms with Crippen LogP contribution in [0.5, 0.6) is 0 Å². The summed E-state index contributed by atoms with van der Waals surface area (Å²) in [4.78, 5) is 7.13. The molecular weight excluding hydrogens is 300 g/mol. The number of piperidine rings is 1. The van der Waals surface area contributed by atoms with Crippen LogP contribution in [0.3, 0.4) is 0 Å². The second-order valence-corrected chi connectivity index (χ2v) is 7.01. The Balaban J connectivity index is 1.45. The van der Waals surface area contributed by atoms with Crippen molar-refractivity contribution in [2.75, 3.05) is 13.1 Å². The summed E-state index contributed by atoms with van der Waals surface area (Å²) in [5.74, 6) is 2.59. The summed E-state index contributed by atoms with van der Waals surface area (Å²) in [5.41, 5.74) is 1.96. The van der Waals surface area contributed by atoms with Gasteiger partial charge in [-0.1, -0.05) is 17.3 Å². The first-order chi connectivity index (χ1) is 11.7. The summed E-state index contributed by atoms with van der Waals surface area (Å²) in [6.07, 6.45) is 4.65. The van der Waals surface area contributed by atoms with Crippen LogP contribution in [0.25, 0.3) is 0 Å². The lowest BCUT2D eigenvalue weighted by Gasteiger charge is -2.36. The number of likely N-dealkylation sites (tertiary alicyclic amines) is 1. The first kappa shape index (κ1) is 15.3. The Morgan fingerprint density at radius 1 is 1.21 bits per heavy atom. The molecule has 2 aliphatic rings. The van der Waals surface area contributed by atoms with Gasteiger partial charge in [-0.05, 0) is 56.8 Å². The third kappa shape index (κ3) is 3.07. The second kappa shape index (κ2) is 6.37. The van der Waals surface area contributed by atoms with Gasteiger partial charge in [-0.25, -0.2) is 0 Å². The molecule has 1 aromatic carbocycles. The van der Waals surface area contributed by atoms with Gasteiger partial charge in [0.05, 0.1) is 11.6 Å². The van der Waals surface area contributed by atoms with Crippen molar-refractivity contribution in [2.24, 2.45) is 0 Å². The van der Waals surface area contributed by atoms with E-state index < -0.39 is 0 Å². The average Bonchev–Trinajstić information content (AvgIpc) is 3.38. The number of hydrogen-bond donors (Lipinski definition) is 0. The van der Waals surface area contributed by atoms with E-state index in [1.165, 1.54) is 18.4 Å². The summed E-state index contributed by atoms with van der Waals surface area (Å²) in [5, 5.41) is 13.2. The van der Waals surface area contributed by atoms with Gasteiger partial charge in [0.1, 0.15) is 0 Å². The van der Waals surface area contributed by atoms with Crippen LogP contribution in [-0.2, 0) is 0 Å². The highest BCUT2D eigenvalue weighted by Crippen LogP contribution is 2.40. The predicted octanol–water partition coefficient (Wildman–Crippen LogP) is 3.76. The van der Waals surface area contributed by atoms with E-state index in [2.05, 4.69) is 40.2 Å². The quantitative estimate of drug-likeness (QED) is 0.857. The van der Waals surface area contributed by atoms with Gasteiger partial charge < -0.3 is 4.52 Å². The molecule has 1 saturated heterocycles. The van der Waals surface area contributed by atoms with E-state index in [4.69, 9.17) is 9.78 Å². The molecule has 0 radical (unpaired) electrons. The second-order valence-electron chi connectivity index (χ2n) is 7.01. The Bertz CT molecular complexity index is 741. The smallest absolute Gasteiger partial charge is 0.229 e. The maximum Gasteiger partial charge on any atom is 0.229 e. The van der Waals surface area contributed by atoms with Gasteiger partial charge in [0, 0.05) is 24.4 Å². The molecule has 2 heterocycles. The highest BCUT2D eigenvalue weighted by molar-refractivity contribution is 5.32.